The molecule has 0 aliphatic heterocycles. The summed E-state index contributed by atoms with van der Waals surface area (Å²) in [4.78, 5) is 17.7. The summed E-state index contributed by atoms with van der Waals surface area (Å²) < 4.78 is 3.47. The lowest BCUT2D eigenvalue weighted by molar-refractivity contribution is 0.0952. The summed E-state index contributed by atoms with van der Waals surface area (Å²) in [5.74, 6) is -0.139. The van der Waals surface area contributed by atoms with Crippen molar-refractivity contribution in [2.45, 2.75) is 13.5 Å². The number of amides is 1. The minimum atomic E-state index is -0.139. The van der Waals surface area contributed by atoms with Crippen LogP contribution in [0.1, 0.15) is 21.6 Å². The lowest BCUT2D eigenvalue weighted by atomic mass is 10.0. The number of hydrogen-bond donors (Lipinski definition) is 1. The Morgan fingerprint density at radius 2 is 1.96 bits per heavy atom. The van der Waals surface area contributed by atoms with E-state index in [-0.39, 0.29) is 5.91 Å². The summed E-state index contributed by atoms with van der Waals surface area (Å²) in [6, 6.07) is 9.51. The summed E-state index contributed by atoms with van der Waals surface area (Å²) in [6.07, 6.45) is 5.55. The number of rotatable bonds is 4. The molecule has 0 atom stereocenters. The van der Waals surface area contributed by atoms with E-state index in [2.05, 4.69) is 15.5 Å². The normalized spacial score (nSPS) is 11.1. The van der Waals surface area contributed by atoms with Gasteiger partial charge in [0, 0.05) is 49.5 Å². The highest BCUT2D eigenvalue weighted by Gasteiger charge is 2.16. The number of carbonyl (C=O) groups excluding carboxylic acids is 1. The van der Waals surface area contributed by atoms with Crippen LogP contribution in [0, 0.1) is 6.92 Å². The molecule has 0 saturated heterocycles. The zero-order chi connectivity index (χ0) is 19.0. The van der Waals surface area contributed by atoms with Gasteiger partial charge < -0.3 is 5.32 Å². The first-order chi connectivity index (χ1) is 13.0. The third-order valence-corrected chi connectivity index (χ3v) is 4.46. The molecule has 0 fully saturated rings. The van der Waals surface area contributed by atoms with E-state index in [1.165, 1.54) is 0 Å². The van der Waals surface area contributed by atoms with Crippen LogP contribution in [0.25, 0.3) is 22.2 Å². The number of nitrogens with zero attached hydrogens (tertiary/aromatic N) is 5. The predicted octanol–water partition coefficient (Wildman–Crippen LogP) is 2.61. The number of aromatic nitrogens is 5. The first-order valence-electron chi connectivity index (χ1n) is 8.67. The van der Waals surface area contributed by atoms with Gasteiger partial charge in [0.2, 0.25) is 0 Å². The molecule has 1 N–H and O–H groups in total. The maximum absolute atomic E-state index is 12.9. The topological polar surface area (TPSA) is 77.6 Å². The summed E-state index contributed by atoms with van der Waals surface area (Å²) >= 11 is 0. The van der Waals surface area contributed by atoms with Gasteiger partial charge in [-0.2, -0.15) is 10.2 Å². The fourth-order valence-corrected chi connectivity index (χ4v) is 3.19. The molecule has 0 aliphatic rings. The molecule has 4 rings (SSSR count). The van der Waals surface area contributed by atoms with E-state index in [1.54, 1.807) is 15.6 Å². The van der Waals surface area contributed by atoms with E-state index in [9.17, 15) is 4.79 Å². The van der Waals surface area contributed by atoms with Crippen molar-refractivity contribution in [2.75, 3.05) is 0 Å². The second kappa shape index (κ2) is 6.68. The lowest BCUT2D eigenvalue weighted by Crippen LogP contribution is -2.23. The SMILES string of the molecule is Cc1nn(C)cc1-c1cc(C(=O)NCc2cnn(C)c2)c2ccccc2n1. The van der Waals surface area contributed by atoms with E-state index in [0.717, 1.165) is 33.4 Å². The van der Waals surface area contributed by atoms with E-state index >= 15 is 0 Å². The number of pyridine rings is 1. The van der Waals surface area contributed by atoms with Crippen LogP contribution in [0.4, 0.5) is 0 Å². The second-order valence-electron chi connectivity index (χ2n) is 6.58. The van der Waals surface area contributed by atoms with Crippen molar-refractivity contribution in [3.05, 3.63) is 65.7 Å². The molecule has 0 bridgehead atoms. The van der Waals surface area contributed by atoms with Gasteiger partial charge in [-0.1, -0.05) is 18.2 Å². The molecular weight excluding hydrogens is 340 g/mol. The summed E-state index contributed by atoms with van der Waals surface area (Å²) in [7, 11) is 3.73. The van der Waals surface area contributed by atoms with Gasteiger partial charge in [-0.3, -0.25) is 14.2 Å². The number of benzene rings is 1. The van der Waals surface area contributed by atoms with Crippen LogP contribution in [0.5, 0.6) is 0 Å². The molecule has 136 valence electrons. The Hall–Kier alpha value is -3.48. The van der Waals surface area contributed by atoms with E-state index < -0.39 is 0 Å². The quantitative estimate of drug-likeness (QED) is 0.607. The van der Waals surface area contributed by atoms with Crippen molar-refractivity contribution in [1.29, 1.82) is 0 Å². The number of para-hydroxylation sites is 1. The van der Waals surface area contributed by atoms with E-state index in [4.69, 9.17) is 4.98 Å². The molecule has 0 radical (unpaired) electrons. The van der Waals surface area contributed by atoms with Crippen LogP contribution >= 0.6 is 0 Å². The fraction of sp³-hybridized carbons (Fsp3) is 0.200. The number of carbonyl (C=O) groups is 1. The Bertz CT molecular complexity index is 1140. The molecule has 7 heteroatoms. The third-order valence-electron chi connectivity index (χ3n) is 4.46. The van der Waals surface area contributed by atoms with Gasteiger partial charge in [-0.25, -0.2) is 4.98 Å². The average molecular weight is 360 g/mol. The van der Waals surface area contributed by atoms with Crippen molar-refractivity contribution >= 4 is 16.8 Å². The monoisotopic (exact) mass is 360 g/mol. The Balaban J connectivity index is 1.74. The minimum absolute atomic E-state index is 0.139. The molecule has 1 aromatic carbocycles. The maximum atomic E-state index is 12.9. The van der Waals surface area contributed by atoms with Crippen LogP contribution in [0.2, 0.25) is 0 Å². The van der Waals surface area contributed by atoms with Gasteiger partial charge in [0.15, 0.2) is 0 Å². The van der Waals surface area contributed by atoms with Gasteiger partial charge in [0.25, 0.3) is 5.91 Å². The summed E-state index contributed by atoms with van der Waals surface area (Å²) in [5.41, 5.74) is 4.87. The van der Waals surface area contributed by atoms with Gasteiger partial charge in [-0.15, -0.1) is 0 Å². The molecule has 0 aliphatic carbocycles. The van der Waals surface area contributed by atoms with Gasteiger partial charge in [0.1, 0.15) is 0 Å². The summed E-state index contributed by atoms with van der Waals surface area (Å²) in [5, 5.41) is 12.3. The van der Waals surface area contributed by atoms with Crippen molar-refractivity contribution in [3.8, 4) is 11.3 Å². The van der Waals surface area contributed by atoms with Crippen LogP contribution < -0.4 is 5.32 Å². The van der Waals surface area contributed by atoms with Gasteiger partial charge >= 0.3 is 0 Å². The molecule has 27 heavy (non-hydrogen) atoms. The zero-order valence-electron chi connectivity index (χ0n) is 15.5. The highest BCUT2D eigenvalue weighted by molar-refractivity contribution is 6.07. The Morgan fingerprint density at radius 3 is 2.67 bits per heavy atom. The molecule has 1 amide bonds. The van der Waals surface area contributed by atoms with Crippen molar-refractivity contribution in [1.82, 2.24) is 29.9 Å². The average Bonchev–Trinajstić information content (AvgIpc) is 3.23. The third kappa shape index (κ3) is 3.31. The van der Waals surface area contributed by atoms with E-state index in [0.29, 0.717) is 12.1 Å². The Morgan fingerprint density at radius 1 is 1.15 bits per heavy atom. The summed E-state index contributed by atoms with van der Waals surface area (Å²) in [6.45, 7) is 2.36. The molecule has 0 spiro atoms. The van der Waals surface area contributed by atoms with Crippen LogP contribution in [-0.2, 0) is 20.6 Å². The molecule has 7 nitrogen and oxygen atoms in total. The predicted molar refractivity (Wildman–Crippen MR) is 103 cm³/mol. The maximum Gasteiger partial charge on any atom is 0.252 e. The van der Waals surface area contributed by atoms with Gasteiger partial charge in [0.05, 0.1) is 28.7 Å². The number of nitrogens with one attached hydrogen (secondary N) is 1. The van der Waals surface area contributed by atoms with Gasteiger partial charge in [-0.05, 0) is 19.1 Å². The molecule has 4 aromatic rings. The molecule has 0 unspecified atom stereocenters. The van der Waals surface area contributed by atoms with Crippen molar-refractivity contribution in [2.24, 2.45) is 14.1 Å². The Kier molecular flexibility index (Phi) is 4.19. The zero-order valence-corrected chi connectivity index (χ0v) is 15.5. The minimum Gasteiger partial charge on any atom is -0.348 e. The molecule has 3 aromatic heterocycles. The number of fused-ring (bicyclic) bond motifs is 1. The van der Waals surface area contributed by atoms with E-state index in [1.807, 2.05) is 63.7 Å². The fourth-order valence-electron chi connectivity index (χ4n) is 3.19. The van der Waals surface area contributed by atoms with Crippen LogP contribution in [-0.4, -0.2) is 30.5 Å². The first-order valence-corrected chi connectivity index (χ1v) is 8.67. The van der Waals surface area contributed by atoms with Crippen molar-refractivity contribution < 1.29 is 4.79 Å². The smallest absolute Gasteiger partial charge is 0.252 e. The lowest BCUT2D eigenvalue weighted by Gasteiger charge is -2.10. The van der Waals surface area contributed by atoms with Crippen LogP contribution in [0.3, 0.4) is 0 Å². The first kappa shape index (κ1) is 17.0. The Labute approximate surface area is 156 Å². The molecule has 3 heterocycles. The van der Waals surface area contributed by atoms with Crippen LogP contribution in [0.15, 0.2) is 48.9 Å². The second-order valence-corrected chi connectivity index (χ2v) is 6.58. The number of aryl methyl sites for hydroxylation is 3. The largest absolute Gasteiger partial charge is 0.348 e. The highest BCUT2D eigenvalue weighted by atomic mass is 16.1. The van der Waals surface area contributed by atoms with Crippen molar-refractivity contribution in [3.63, 3.8) is 0 Å². The highest BCUT2D eigenvalue weighted by Crippen LogP contribution is 2.26. The standard InChI is InChI=1S/C20H20N6O/c1-13-17(12-26(3)24-13)19-8-16(15-6-4-5-7-18(15)23-19)20(27)21-9-14-10-22-25(2)11-14/h4-8,10-12H,9H2,1-3H3,(H,21,27). The molecule has 0 saturated carbocycles. The molecular formula is C20H20N6O. The number of hydrogen-bond acceptors (Lipinski definition) is 4.